The Morgan fingerprint density at radius 3 is 2.04 bits per heavy atom. The minimum absolute atomic E-state index is 0.686. The minimum Gasteiger partial charge on any atom is -0.495 e. The van der Waals surface area contributed by atoms with Gasteiger partial charge in [-0.25, -0.2) is 9.97 Å². The maximum atomic E-state index is 5.37. The predicted molar refractivity (Wildman–Crippen MR) is 97.5 cm³/mol. The highest BCUT2D eigenvalue weighted by Crippen LogP contribution is 2.27. The summed E-state index contributed by atoms with van der Waals surface area (Å²) in [7, 11) is 1.65. The molecule has 0 radical (unpaired) electrons. The number of aryl methyl sites for hydroxylation is 2. The number of anilines is 4. The molecule has 122 valence electrons. The molecule has 3 rings (SSSR count). The first-order valence-electron chi connectivity index (χ1n) is 7.74. The number of rotatable bonds is 5. The van der Waals surface area contributed by atoms with Gasteiger partial charge in [0.1, 0.15) is 23.2 Å². The molecule has 0 aliphatic heterocycles. The van der Waals surface area contributed by atoms with Crippen molar-refractivity contribution in [2.45, 2.75) is 13.8 Å². The van der Waals surface area contributed by atoms with Crippen molar-refractivity contribution in [3.8, 4) is 5.75 Å². The van der Waals surface area contributed by atoms with Crippen LogP contribution in [0.5, 0.6) is 5.75 Å². The fourth-order valence-electron chi connectivity index (χ4n) is 2.43. The van der Waals surface area contributed by atoms with E-state index in [-0.39, 0.29) is 0 Å². The van der Waals surface area contributed by atoms with E-state index in [4.69, 9.17) is 4.74 Å². The van der Waals surface area contributed by atoms with Crippen molar-refractivity contribution in [3.63, 3.8) is 0 Å². The largest absolute Gasteiger partial charge is 0.495 e. The SMILES string of the molecule is COc1ccccc1Nc1cc(Nc2ccccc2C)nc(C)n1. The standard InChI is InChI=1S/C19H20N4O/c1-13-8-4-5-9-15(13)22-18-12-19(21-14(2)20-18)23-16-10-6-7-11-17(16)24-3/h4-12H,1-3H3,(H2,20,21,22,23). The van der Waals surface area contributed by atoms with Gasteiger partial charge in [-0.05, 0) is 37.6 Å². The third-order valence-corrected chi connectivity index (χ3v) is 3.62. The number of nitrogens with zero attached hydrogens (tertiary/aromatic N) is 2. The molecular formula is C19H20N4O. The Morgan fingerprint density at radius 2 is 1.38 bits per heavy atom. The number of aromatic nitrogens is 2. The number of methoxy groups -OCH3 is 1. The summed E-state index contributed by atoms with van der Waals surface area (Å²) in [5.41, 5.74) is 3.05. The molecule has 3 aromatic rings. The van der Waals surface area contributed by atoms with Crippen molar-refractivity contribution in [2.24, 2.45) is 0 Å². The summed E-state index contributed by atoms with van der Waals surface area (Å²) in [6.07, 6.45) is 0. The van der Waals surface area contributed by atoms with Gasteiger partial charge in [0, 0.05) is 11.8 Å². The van der Waals surface area contributed by atoms with Gasteiger partial charge in [-0.1, -0.05) is 30.3 Å². The van der Waals surface area contributed by atoms with Crippen LogP contribution in [-0.4, -0.2) is 17.1 Å². The lowest BCUT2D eigenvalue weighted by Gasteiger charge is -2.13. The van der Waals surface area contributed by atoms with E-state index in [1.165, 1.54) is 0 Å². The van der Waals surface area contributed by atoms with Gasteiger partial charge < -0.3 is 15.4 Å². The summed E-state index contributed by atoms with van der Waals surface area (Å²) in [6.45, 7) is 3.93. The molecule has 0 amide bonds. The molecule has 1 heterocycles. The van der Waals surface area contributed by atoms with Crippen LogP contribution in [0.2, 0.25) is 0 Å². The van der Waals surface area contributed by atoms with Gasteiger partial charge in [-0.15, -0.1) is 0 Å². The summed E-state index contributed by atoms with van der Waals surface area (Å²) < 4.78 is 5.37. The lowest BCUT2D eigenvalue weighted by Crippen LogP contribution is -2.02. The van der Waals surface area contributed by atoms with Crippen molar-refractivity contribution < 1.29 is 4.74 Å². The van der Waals surface area contributed by atoms with Crippen LogP contribution >= 0.6 is 0 Å². The lowest BCUT2D eigenvalue weighted by molar-refractivity contribution is 0.417. The zero-order valence-electron chi connectivity index (χ0n) is 14.0. The molecule has 0 atom stereocenters. The van der Waals surface area contributed by atoms with Crippen molar-refractivity contribution in [1.82, 2.24) is 9.97 Å². The number of para-hydroxylation sites is 3. The molecule has 2 N–H and O–H groups in total. The van der Waals surface area contributed by atoms with E-state index in [1.54, 1.807) is 7.11 Å². The number of nitrogens with one attached hydrogen (secondary N) is 2. The normalized spacial score (nSPS) is 10.3. The first-order chi connectivity index (χ1) is 11.7. The Balaban J connectivity index is 1.88. The molecule has 5 heteroatoms. The van der Waals surface area contributed by atoms with Crippen molar-refractivity contribution in [3.05, 3.63) is 66.0 Å². The van der Waals surface area contributed by atoms with Gasteiger partial charge in [0.15, 0.2) is 0 Å². The van der Waals surface area contributed by atoms with E-state index in [0.717, 1.165) is 28.5 Å². The van der Waals surface area contributed by atoms with Gasteiger partial charge in [-0.2, -0.15) is 0 Å². The van der Waals surface area contributed by atoms with E-state index in [1.807, 2.05) is 55.5 Å². The molecule has 0 fully saturated rings. The number of hydrogen-bond acceptors (Lipinski definition) is 5. The molecule has 0 unspecified atom stereocenters. The summed E-state index contributed by atoms with van der Waals surface area (Å²) in [4.78, 5) is 8.91. The average Bonchev–Trinajstić information content (AvgIpc) is 2.57. The summed E-state index contributed by atoms with van der Waals surface area (Å²) in [6, 6.07) is 17.7. The molecule has 1 aromatic heterocycles. The fraction of sp³-hybridized carbons (Fsp3) is 0.158. The third-order valence-electron chi connectivity index (χ3n) is 3.62. The third kappa shape index (κ3) is 3.63. The second kappa shape index (κ2) is 7.00. The van der Waals surface area contributed by atoms with Crippen LogP contribution < -0.4 is 15.4 Å². The van der Waals surface area contributed by atoms with Gasteiger partial charge in [0.25, 0.3) is 0 Å². The topological polar surface area (TPSA) is 59.1 Å². The van der Waals surface area contributed by atoms with E-state index in [9.17, 15) is 0 Å². The number of hydrogen-bond donors (Lipinski definition) is 2. The predicted octanol–water partition coefficient (Wildman–Crippen LogP) is 4.59. The van der Waals surface area contributed by atoms with E-state index >= 15 is 0 Å². The highest BCUT2D eigenvalue weighted by molar-refractivity contribution is 5.67. The first-order valence-corrected chi connectivity index (χ1v) is 7.74. The molecular weight excluding hydrogens is 300 g/mol. The Morgan fingerprint density at radius 1 is 0.792 bits per heavy atom. The average molecular weight is 320 g/mol. The first kappa shape index (κ1) is 15.8. The molecule has 2 aromatic carbocycles. The molecule has 0 aliphatic carbocycles. The number of ether oxygens (including phenoxy) is 1. The Bertz CT molecular complexity index is 848. The molecule has 0 saturated carbocycles. The van der Waals surface area contributed by atoms with Crippen molar-refractivity contribution >= 4 is 23.0 Å². The smallest absolute Gasteiger partial charge is 0.142 e. The summed E-state index contributed by atoms with van der Waals surface area (Å²) in [5, 5.41) is 6.63. The Hall–Kier alpha value is -3.08. The highest BCUT2D eigenvalue weighted by atomic mass is 16.5. The van der Waals surface area contributed by atoms with Crippen LogP contribution in [-0.2, 0) is 0 Å². The summed E-state index contributed by atoms with van der Waals surface area (Å²) in [5.74, 6) is 2.91. The van der Waals surface area contributed by atoms with Gasteiger partial charge in [0.05, 0.1) is 12.8 Å². The fourth-order valence-corrected chi connectivity index (χ4v) is 2.43. The second-order valence-electron chi connectivity index (χ2n) is 5.45. The molecule has 5 nitrogen and oxygen atoms in total. The monoisotopic (exact) mass is 320 g/mol. The van der Waals surface area contributed by atoms with Crippen LogP contribution in [0.15, 0.2) is 54.6 Å². The molecule has 0 spiro atoms. The van der Waals surface area contributed by atoms with Crippen LogP contribution in [0.3, 0.4) is 0 Å². The van der Waals surface area contributed by atoms with E-state index < -0.39 is 0 Å². The molecule has 0 saturated heterocycles. The zero-order chi connectivity index (χ0) is 16.9. The number of benzene rings is 2. The lowest BCUT2D eigenvalue weighted by atomic mass is 10.2. The van der Waals surface area contributed by atoms with Gasteiger partial charge in [0.2, 0.25) is 0 Å². The van der Waals surface area contributed by atoms with E-state index in [2.05, 4.69) is 33.6 Å². The second-order valence-corrected chi connectivity index (χ2v) is 5.45. The van der Waals surface area contributed by atoms with Crippen LogP contribution in [0.1, 0.15) is 11.4 Å². The van der Waals surface area contributed by atoms with Gasteiger partial charge in [-0.3, -0.25) is 0 Å². The van der Waals surface area contributed by atoms with Crippen LogP contribution in [0, 0.1) is 13.8 Å². The zero-order valence-corrected chi connectivity index (χ0v) is 14.0. The maximum Gasteiger partial charge on any atom is 0.142 e. The highest BCUT2D eigenvalue weighted by Gasteiger charge is 2.07. The Labute approximate surface area is 141 Å². The van der Waals surface area contributed by atoms with Gasteiger partial charge >= 0.3 is 0 Å². The van der Waals surface area contributed by atoms with E-state index in [0.29, 0.717) is 11.6 Å². The summed E-state index contributed by atoms with van der Waals surface area (Å²) >= 11 is 0. The molecule has 0 aliphatic rings. The van der Waals surface area contributed by atoms with Crippen molar-refractivity contribution in [1.29, 1.82) is 0 Å². The maximum absolute atomic E-state index is 5.37. The Kier molecular flexibility index (Phi) is 4.61. The molecule has 24 heavy (non-hydrogen) atoms. The van der Waals surface area contributed by atoms with Crippen molar-refractivity contribution in [2.75, 3.05) is 17.7 Å². The van der Waals surface area contributed by atoms with Crippen LogP contribution in [0.25, 0.3) is 0 Å². The minimum atomic E-state index is 0.686. The molecule has 0 bridgehead atoms. The quantitative estimate of drug-likeness (QED) is 0.720. The van der Waals surface area contributed by atoms with Crippen LogP contribution in [0.4, 0.5) is 23.0 Å².